The molecule has 1 saturated heterocycles. The molecule has 1 aromatic carbocycles. The average molecular weight is 270 g/mol. The number of ether oxygens (including phenoxy) is 2. The van der Waals surface area contributed by atoms with Crippen LogP contribution in [0.15, 0.2) is 24.3 Å². The lowest BCUT2D eigenvalue weighted by Crippen LogP contribution is -2.29. The quantitative estimate of drug-likeness (QED) is 0.775. The Labute approximate surface area is 119 Å². The van der Waals surface area contributed by atoms with Gasteiger partial charge in [0.05, 0.1) is 24.5 Å². The van der Waals surface area contributed by atoms with Gasteiger partial charge in [0.25, 0.3) is 0 Å². The molecule has 1 aliphatic carbocycles. The van der Waals surface area contributed by atoms with E-state index in [1.54, 1.807) is 0 Å². The summed E-state index contributed by atoms with van der Waals surface area (Å²) in [5.41, 5.74) is 1.50. The Hall–Kier alpha value is -1.63. The molecule has 2 fully saturated rings. The van der Waals surface area contributed by atoms with E-state index in [2.05, 4.69) is 5.92 Å². The molecule has 0 N–H and O–H groups in total. The number of carbonyl (C=O) groups excluding carboxylic acids is 1. The number of terminal acetylenes is 1. The molecule has 3 heteroatoms. The van der Waals surface area contributed by atoms with E-state index in [0.717, 1.165) is 24.0 Å². The molecule has 0 spiro atoms. The van der Waals surface area contributed by atoms with Crippen LogP contribution in [0.2, 0.25) is 0 Å². The van der Waals surface area contributed by atoms with Crippen LogP contribution in [0, 0.1) is 18.3 Å². The Kier molecular flexibility index (Phi) is 3.37. The van der Waals surface area contributed by atoms with Gasteiger partial charge in [0, 0.05) is 5.56 Å². The summed E-state index contributed by atoms with van der Waals surface area (Å²) in [6, 6.07) is 7.94. The molecule has 1 aromatic rings. The molecule has 104 valence electrons. The van der Waals surface area contributed by atoms with Crippen molar-refractivity contribution in [3.05, 3.63) is 35.4 Å². The van der Waals surface area contributed by atoms with Crippen LogP contribution in [-0.2, 0) is 19.7 Å². The summed E-state index contributed by atoms with van der Waals surface area (Å²) in [7, 11) is 0. The summed E-state index contributed by atoms with van der Waals surface area (Å²) in [5.74, 6) is 2.52. The van der Waals surface area contributed by atoms with Crippen LogP contribution >= 0.6 is 0 Å². The number of hydrogen-bond acceptors (Lipinski definition) is 3. The van der Waals surface area contributed by atoms with Crippen LogP contribution < -0.4 is 0 Å². The topological polar surface area (TPSA) is 35.5 Å². The third-order valence-corrected chi connectivity index (χ3v) is 4.41. The van der Waals surface area contributed by atoms with Crippen molar-refractivity contribution in [2.75, 3.05) is 13.2 Å². The summed E-state index contributed by atoms with van der Waals surface area (Å²) >= 11 is 0. The van der Waals surface area contributed by atoms with Gasteiger partial charge in [-0.25, -0.2) is 0 Å². The smallest absolute Gasteiger partial charge is 0.184 e. The van der Waals surface area contributed by atoms with Crippen molar-refractivity contribution in [2.24, 2.45) is 5.92 Å². The highest BCUT2D eigenvalue weighted by atomic mass is 16.7. The third kappa shape index (κ3) is 2.06. The van der Waals surface area contributed by atoms with Gasteiger partial charge in [0.2, 0.25) is 0 Å². The molecule has 1 aliphatic heterocycles. The van der Waals surface area contributed by atoms with Gasteiger partial charge in [-0.2, -0.15) is 0 Å². The van der Waals surface area contributed by atoms with Crippen molar-refractivity contribution in [3.63, 3.8) is 0 Å². The number of hydrogen-bond donors (Lipinski definition) is 0. The maximum Gasteiger partial charge on any atom is 0.184 e. The summed E-state index contributed by atoms with van der Waals surface area (Å²) in [6.07, 6.45) is 6.71. The van der Waals surface area contributed by atoms with Crippen molar-refractivity contribution in [1.29, 1.82) is 0 Å². The maximum absolute atomic E-state index is 12.5. The largest absolute Gasteiger partial charge is 0.346 e. The van der Waals surface area contributed by atoms with E-state index in [-0.39, 0.29) is 18.0 Å². The number of carbonyl (C=O) groups is 1. The van der Waals surface area contributed by atoms with Crippen LogP contribution in [0.25, 0.3) is 0 Å². The molecule has 0 bridgehead atoms. The lowest BCUT2D eigenvalue weighted by Gasteiger charge is -2.24. The van der Waals surface area contributed by atoms with Gasteiger partial charge in [-0.3, -0.25) is 4.79 Å². The Morgan fingerprint density at radius 3 is 2.75 bits per heavy atom. The van der Waals surface area contributed by atoms with Crippen LogP contribution in [0.5, 0.6) is 0 Å². The number of Topliss-reactive ketones (excluding diaryl/α,β-unsaturated/α-hetero) is 1. The van der Waals surface area contributed by atoms with Crippen molar-refractivity contribution >= 4 is 5.78 Å². The number of ketones is 1. The highest BCUT2D eigenvalue weighted by molar-refractivity contribution is 5.95. The molecular formula is C17H18O3. The van der Waals surface area contributed by atoms with E-state index >= 15 is 0 Å². The molecular weight excluding hydrogens is 252 g/mol. The Bertz CT molecular complexity index is 566. The third-order valence-electron chi connectivity index (χ3n) is 4.41. The van der Waals surface area contributed by atoms with E-state index in [0.29, 0.717) is 13.2 Å². The molecule has 2 atom stereocenters. The highest BCUT2D eigenvalue weighted by Crippen LogP contribution is 2.41. The summed E-state index contributed by atoms with van der Waals surface area (Å²) in [6.45, 7) is 3.22. The van der Waals surface area contributed by atoms with Gasteiger partial charge in [-0.15, -0.1) is 6.42 Å². The molecule has 0 aromatic heterocycles. The van der Waals surface area contributed by atoms with Crippen molar-refractivity contribution < 1.29 is 14.3 Å². The van der Waals surface area contributed by atoms with Gasteiger partial charge in [0.15, 0.2) is 12.1 Å². The van der Waals surface area contributed by atoms with Crippen molar-refractivity contribution in [2.45, 2.75) is 31.5 Å². The molecule has 2 unspecified atom stereocenters. The van der Waals surface area contributed by atoms with Crippen LogP contribution in [-0.4, -0.2) is 19.0 Å². The van der Waals surface area contributed by atoms with Gasteiger partial charge >= 0.3 is 0 Å². The normalized spacial score (nSPS) is 30.6. The fourth-order valence-electron chi connectivity index (χ4n) is 3.10. The Balaban J connectivity index is 1.92. The van der Waals surface area contributed by atoms with Crippen molar-refractivity contribution in [3.8, 4) is 12.3 Å². The molecule has 1 heterocycles. The van der Waals surface area contributed by atoms with E-state index in [1.165, 1.54) is 0 Å². The van der Waals surface area contributed by atoms with Gasteiger partial charge in [-0.1, -0.05) is 24.1 Å². The molecule has 20 heavy (non-hydrogen) atoms. The monoisotopic (exact) mass is 270 g/mol. The molecule has 0 radical (unpaired) electrons. The predicted molar refractivity (Wildman–Crippen MR) is 75.0 cm³/mol. The average Bonchev–Trinajstić information content (AvgIpc) is 3.10. The molecule has 3 rings (SSSR count). The zero-order chi connectivity index (χ0) is 14.2. The Morgan fingerprint density at radius 1 is 1.35 bits per heavy atom. The fraction of sp³-hybridized carbons (Fsp3) is 0.471. The van der Waals surface area contributed by atoms with E-state index in [1.807, 2.05) is 31.2 Å². The minimum absolute atomic E-state index is 0.158. The summed E-state index contributed by atoms with van der Waals surface area (Å²) in [5, 5.41) is 0. The number of rotatable bonds is 2. The second-order valence-corrected chi connectivity index (χ2v) is 5.65. The lowest BCUT2D eigenvalue weighted by molar-refractivity contribution is -0.123. The van der Waals surface area contributed by atoms with Crippen LogP contribution in [0.4, 0.5) is 0 Å². The van der Waals surface area contributed by atoms with Crippen molar-refractivity contribution in [1.82, 2.24) is 0 Å². The summed E-state index contributed by atoms with van der Waals surface area (Å²) < 4.78 is 11.0. The molecule has 2 aliphatic rings. The highest BCUT2D eigenvalue weighted by Gasteiger charge is 2.44. The standard InChI is InChI=1S/C17H18O3/c1-3-12-7-8-17(2,15(12)18)14-6-4-5-13(11-14)16-19-9-10-20-16/h1,4-6,11-12,16H,7-10H2,2H3. The molecule has 3 nitrogen and oxygen atoms in total. The van der Waals surface area contributed by atoms with E-state index in [9.17, 15) is 4.79 Å². The predicted octanol–water partition coefficient (Wildman–Crippen LogP) is 2.60. The molecule has 0 amide bonds. The molecule has 1 saturated carbocycles. The minimum atomic E-state index is -0.481. The number of benzene rings is 1. The van der Waals surface area contributed by atoms with E-state index < -0.39 is 5.41 Å². The first-order valence-electron chi connectivity index (χ1n) is 6.99. The SMILES string of the molecule is C#CC1CCC(C)(c2cccc(C3OCCO3)c2)C1=O. The minimum Gasteiger partial charge on any atom is -0.346 e. The fourth-order valence-corrected chi connectivity index (χ4v) is 3.10. The second-order valence-electron chi connectivity index (χ2n) is 5.65. The van der Waals surface area contributed by atoms with Gasteiger partial charge in [-0.05, 0) is 31.4 Å². The Morgan fingerprint density at radius 2 is 2.10 bits per heavy atom. The van der Waals surface area contributed by atoms with Crippen LogP contribution in [0.3, 0.4) is 0 Å². The van der Waals surface area contributed by atoms with Gasteiger partial charge in [0.1, 0.15) is 0 Å². The maximum atomic E-state index is 12.5. The van der Waals surface area contributed by atoms with E-state index in [4.69, 9.17) is 15.9 Å². The first-order valence-corrected chi connectivity index (χ1v) is 6.99. The summed E-state index contributed by atoms with van der Waals surface area (Å²) in [4.78, 5) is 12.5. The zero-order valence-corrected chi connectivity index (χ0v) is 11.6. The lowest BCUT2D eigenvalue weighted by atomic mass is 9.78. The first-order chi connectivity index (χ1) is 9.65. The van der Waals surface area contributed by atoms with Crippen LogP contribution in [0.1, 0.15) is 37.2 Å². The first kappa shape index (κ1) is 13.4. The van der Waals surface area contributed by atoms with Gasteiger partial charge < -0.3 is 9.47 Å². The second kappa shape index (κ2) is 5.05. The zero-order valence-electron chi connectivity index (χ0n) is 11.6.